The summed E-state index contributed by atoms with van der Waals surface area (Å²) in [6.07, 6.45) is 0.853. The summed E-state index contributed by atoms with van der Waals surface area (Å²) in [5.41, 5.74) is 4.40. The molecule has 0 fully saturated rings. The maximum atomic E-state index is 6.34. The minimum atomic E-state index is 0.640. The molecule has 0 aliphatic rings. The first-order chi connectivity index (χ1) is 10.2. The summed E-state index contributed by atoms with van der Waals surface area (Å²) in [6.45, 7) is 4.20. The highest BCUT2D eigenvalue weighted by molar-refractivity contribution is 6.31. The van der Waals surface area contributed by atoms with E-state index >= 15 is 0 Å². The molecule has 5 heteroatoms. The lowest BCUT2D eigenvalue weighted by atomic mass is 10.1. The van der Waals surface area contributed by atoms with Crippen LogP contribution in [0.5, 0.6) is 0 Å². The Morgan fingerprint density at radius 2 is 2.05 bits per heavy atom. The number of methoxy groups -OCH3 is 1. The Morgan fingerprint density at radius 1 is 1.29 bits per heavy atom. The zero-order valence-electron chi connectivity index (χ0n) is 12.8. The molecule has 0 saturated heterocycles. The summed E-state index contributed by atoms with van der Waals surface area (Å²) in [7, 11) is 3.64. The summed E-state index contributed by atoms with van der Waals surface area (Å²) in [5.74, 6) is 0. The fourth-order valence-corrected chi connectivity index (χ4v) is 2.69. The van der Waals surface area contributed by atoms with Gasteiger partial charge in [-0.2, -0.15) is 5.10 Å². The number of nitrogens with zero attached hydrogens (tertiary/aromatic N) is 2. The van der Waals surface area contributed by atoms with Crippen molar-refractivity contribution in [3.05, 3.63) is 51.8 Å². The number of hydrogen-bond acceptors (Lipinski definition) is 3. The lowest BCUT2D eigenvalue weighted by Crippen LogP contribution is -2.15. The van der Waals surface area contributed by atoms with Crippen molar-refractivity contribution >= 4 is 11.6 Å². The number of halogens is 1. The molecule has 2 aromatic rings. The van der Waals surface area contributed by atoms with Gasteiger partial charge in [-0.25, -0.2) is 0 Å². The Kier molecular flexibility index (Phi) is 5.79. The minimum absolute atomic E-state index is 0.640. The Balaban J connectivity index is 1.95. The highest BCUT2D eigenvalue weighted by atomic mass is 35.5. The third kappa shape index (κ3) is 4.06. The summed E-state index contributed by atoms with van der Waals surface area (Å²) in [5, 5.41) is 8.62. The number of ether oxygens (including phenoxy) is 1. The highest BCUT2D eigenvalue weighted by Crippen LogP contribution is 2.20. The molecule has 1 aromatic carbocycles. The second-order valence-corrected chi connectivity index (χ2v) is 5.42. The van der Waals surface area contributed by atoms with Crippen molar-refractivity contribution in [2.45, 2.75) is 33.0 Å². The third-order valence-electron chi connectivity index (χ3n) is 3.43. The molecular weight excluding hydrogens is 286 g/mol. The van der Waals surface area contributed by atoms with Crippen LogP contribution in [0.1, 0.15) is 29.4 Å². The molecule has 2 rings (SSSR count). The van der Waals surface area contributed by atoms with Crippen LogP contribution in [0.2, 0.25) is 5.02 Å². The van der Waals surface area contributed by atoms with Gasteiger partial charge in [0.2, 0.25) is 0 Å². The van der Waals surface area contributed by atoms with E-state index in [4.69, 9.17) is 16.3 Å². The van der Waals surface area contributed by atoms with Gasteiger partial charge in [-0.05, 0) is 17.5 Å². The number of nitrogens with one attached hydrogen (secondary N) is 1. The first-order valence-corrected chi connectivity index (χ1v) is 7.51. The molecule has 0 atom stereocenters. The highest BCUT2D eigenvalue weighted by Gasteiger charge is 2.12. The summed E-state index contributed by atoms with van der Waals surface area (Å²) >= 11 is 6.34. The molecule has 1 heterocycles. The van der Waals surface area contributed by atoms with Crippen molar-refractivity contribution in [1.29, 1.82) is 0 Å². The van der Waals surface area contributed by atoms with Gasteiger partial charge in [0, 0.05) is 27.2 Å². The van der Waals surface area contributed by atoms with Gasteiger partial charge in [0.15, 0.2) is 0 Å². The molecule has 0 bridgehead atoms. The fourth-order valence-electron chi connectivity index (χ4n) is 2.33. The molecule has 0 saturated carbocycles. The number of aromatic nitrogens is 2. The zero-order chi connectivity index (χ0) is 15.2. The fraction of sp³-hybridized carbons (Fsp3) is 0.438. The van der Waals surface area contributed by atoms with Crippen LogP contribution in [-0.4, -0.2) is 16.9 Å². The van der Waals surface area contributed by atoms with Gasteiger partial charge < -0.3 is 10.1 Å². The molecule has 1 N–H and O–H groups in total. The molecule has 114 valence electrons. The predicted octanol–water partition coefficient (Wildman–Crippen LogP) is 3.07. The molecule has 0 aliphatic heterocycles. The average Bonchev–Trinajstić information content (AvgIpc) is 2.75. The van der Waals surface area contributed by atoms with Gasteiger partial charge in [0.05, 0.1) is 23.0 Å². The molecule has 0 aliphatic carbocycles. The molecule has 0 radical (unpaired) electrons. The number of benzene rings is 1. The largest absolute Gasteiger partial charge is 0.380 e. The van der Waals surface area contributed by atoms with Crippen molar-refractivity contribution in [1.82, 2.24) is 15.1 Å². The van der Waals surface area contributed by atoms with Gasteiger partial charge in [0.1, 0.15) is 0 Å². The van der Waals surface area contributed by atoms with Crippen LogP contribution < -0.4 is 5.32 Å². The molecular formula is C16H22ClN3O. The molecule has 0 unspecified atom stereocenters. The SMILES string of the molecule is CCc1nn(C)c(CNCc2cccc(COC)c2)c1Cl. The van der Waals surface area contributed by atoms with Gasteiger partial charge in [-0.15, -0.1) is 0 Å². The normalized spacial score (nSPS) is 11.0. The van der Waals surface area contributed by atoms with Crippen LogP contribution in [0.15, 0.2) is 24.3 Å². The van der Waals surface area contributed by atoms with Gasteiger partial charge in [-0.1, -0.05) is 42.8 Å². The number of rotatable bonds is 7. The second-order valence-electron chi connectivity index (χ2n) is 5.04. The first-order valence-electron chi connectivity index (χ1n) is 7.13. The Labute approximate surface area is 131 Å². The van der Waals surface area contributed by atoms with Crippen LogP contribution in [0, 0.1) is 0 Å². The molecule has 0 amide bonds. The predicted molar refractivity (Wildman–Crippen MR) is 85.3 cm³/mol. The maximum absolute atomic E-state index is 6.34. The Morgan fingerprint density at radius 3 is 2.71 bits per heavy atom. The van der Waals surface area contributed by atoms with E-state index in [0.29, 0.717) is 13.2 Å². The van der Waals surface area contributed by atoms with Crippen LogP contribution in [0.25, 0.3) is 0 Å². The van der Waals surface area contributed by atoms with E-state index in [9.17, 15) is 0 Å². The standard InChI is InChI=1S/C16H22ClN3O/c1-4-14-16(17)15(20(2)19-14)10-18-9-12-6-5-7-13(8-12)11-21-3/h5-8,18H,4,9-11H2,1-3H3. The van der Waals surface area contributed by atoms with Crippen molar-refractivity contribution in [3.63, 3.8) is 0 Å². The van der Waals surface area contributed by atoms with E-state index in [-0.39, 0.29) is 0 Å². The topological polar surface area (TPSA) is 39.1 Å². The zero-order valence-corrected chi connectivity index (χ0v) is 13.6. The monoisotopic (exact) mass is 307 g/mol. The minimum Gasteiger partial charge on any atom is -0.380 e. The first kappa shape index (κ1) is 16.0. The number of hydrogen-bond donors (Lipinski definition) is 1. The maximum Gasteiger partial charge on any atom is 0.0863 e. The van der Waals surface area contributed by atoms with Crippen molar-refractivity contribution in [2.75, 3.05) is 7.11 Å². The smallest absolute Gasteiger partial charge is 0.0863 e. The average molecular weight is 308 g/mol. The van der Waals surface area contributed by atoms with Crippen LogP contribution >= 0.6 is 11.6 Å². The molecule has 1 aromatic heterocycles. The molecule has 0 spiro atoms. The molecule has 4 nitrogen and oxygen atoms in total. The number of aryl methyl sites for hydroxylation is 2. The summed E-state index contributed by atoms with van der Waals surface area (Å²) in [6, 6.07) is 8.38. The van der Waals surface area contributed by atoms with Crippen molar-refractivity contribution < 1.29 is 4.74 Å². The Hall–Kier alpha value is -1.36. The molecule has 21 heavy (non-hydrogen) atoms. The van der Waals surface area contributed by atoms with Gasteiger partial charge in [-0.3, -0.25) is 4.68 Å². The van der Waals surface area contributed by atoms with E-state index in [1.165, 1.54) is 11.1 Å². The Bertz CT molecular complexity index is 595. The van der Waals surface area contributed by atoms with Gasteiger partial charge >= 0.3 is 0 Å². The van der Waals surface area contributed by atoms with Crippen LogP contribution in [0.4, 0.5) is 0 Å². The van der Waals surface area contributed by atoms with Crippen LogP contribution in [0.3, 0.4) is 0 Å². The van der Waals surface area contributed by atoms with Crippen LogP contribution in [-0.2, 0) is 37.9 Å². The van der Waals surface area contributed by atoms with Crippen molar-refractivity contribution in [3.8, 4) is 0 Å². The van der Waals surface area contributed by atoms with E-state index in [0.717, 1.165) is 29.4 Å². The third-order valence-corrected chi connectivity index (χ3v) is 3.86. The van der Waals surface area contributed by atoms with E-state index < -0.39 is 0 Å². The quantitative estimate of drug-likeness (QED) is 0.854. The second kappa shape index (κ2) is 7.59. The van der Waals surface area contributed by atoms with Crippen molar-refractivity contribution in [2.24, 2.45) is 7.05 Å². The van der Waals surface area contributed by atoms with Gasteiger partial charge in [0.25, 0.3) is 0 Å². The summed E-state index contributed by atoms with van der Waals surface area (Å²) < 4.78 is 7.01. The van der Waals surface area contributed by atoms with E-state index in [2.05, 4.69) is 41.6 Å². The van der Waals surface area contributed by atoms with E-state index in [1.54, 1.807) is 7.11 Å². The summed E-state index contributed by atoms with van der Waals surface area (Å²) in [4.78, 5) is 0. The lowest BCUT2D eigenvalue weighted by molar-refractivity contribution is 0.185. The van der Waals surface area contributed by atoms with E-state index in [1.807, 2.05) is 11.7 Å². The lowest BCUT2D eigenvalue weighted by Gasteiger charge is -2.08.